The van der Waals surface area contributed by atoms with Gasteiger partial charge in [-0.15, -0.1) is 0 Å². The Morgan fingerprint density at radius 2 is 0.518 bits per heavy atom. The number of aryl methyl sites for hydroxylation is 20. The molecule has 85 heavy (non-hydrogen) atoms. The van der Waals surface area contributed by atoms with Crippen molar-refractivity contribution in [2.45, 2.75) is 136 Å². The first-order chi connectivity index (χ1) is 45.1. The highest BCUT2D eigenvalue weighted by Crippen LogP contribution is 2.27. The molecule has 0 radical (unpaired) electrons. The number of hydrogen-bond acceptors (Lipinski definition) is 0. The molecule has 0 aliphatic rings. The molecule has 0 spiro atoms. The summed E-state index contributed by atoms with van der Waals surface area (Å²) in [5.41, 5.74) is 24.9. The Labute approximate surface area is 530 Å². The summed E-state index contributed by atoms with van der Waals surface area (Å²) >= 11 is 0. The SMILES string of the molecule is CCc1c[n+](C)c(-c2ccccc2C)cc1C.CCc1cc(-c2ccccc2C)[n+](C)cc1C.[2H]C([2H])(C)c1c[n+](C)c(-c2ccccc2C)cc1C.[2H]C([2H])([2H])c1c[n+](C)c(-c2ccccc2C)cc1C([2H])([2H])C.[2H]C([2H])([2H])c1c[n+](C)c(-c2ccccc2C)cc1C([2H])([2H])C. The molecule has 0 fully saturated rings. The van der Waals surface area contributed by atoms with Crippen molar-refractivity contribution in [2.24, 2.45) is 35.2 Å². The number of benzene rings is 5. The average molecular weight is 1140 g/mol. The van der Waals surface area contributed by atoms with Crippen LogP contribution in [0.25, 0.3) is 56.3 Å². The number of pyridine rings is 5. The van der Waals surface area contributed by atoms with Crippen molar-refractivity contribution < 1.29 is 39.3 Å². The number of aromatic nitrogens is 5. The molecule has 5 heteroatoms. The van der Waals surface area contributed by atoms with Crippen molar-refractivity contribution in [3.05, 3.63) is 266 Å². The molecule has 0 aliphatic carbocycles. The normalized spacial score (nSPS) is 13.5. The van der Waals surface area contributed by atoms with Crippen LogP contribution in [0.3, 0.4) is 0 Å². The minimum Gasteiger partial charge on any atom is -0.201 e. The van der Waals surface area contributed by atoms with Crippen LogP contribution in [-0.2, 0) is 67.2 Å². The molecule has 0 atom stereocenters. The molecule has 5 heterocycles. The Bertz CT molecular complexity index is 4270. The van der Waals surface area contributed by atoms with Gasteiger partial charge < -0.3 is 0 Å². The molecule has 0 aliphatic heterocycles. The summed E-state index contributed by atoms with van der Waals surface area (Å²) in [7, 11) is 9.78. The van der Waals surface area contributed by atoms with Crippen molar-refractivity contribution in [1.29, 1.82) is 0 Å². The van der Waals surface area contributed by atoms with Crippen LogP contribution in [0.1, 0.15) is 135 Å². The quantitative estimate of drug-likeness (QED) is 0.122. The summed E-state index contributed by atoms with van der Waals surface area (Å²) in [5, 5.41) is 0. The van der Waals surface area contributed by atoms with Gasteiger partial charge in [-0.1, -0.05) is 126 Å². The second-order valence-corrected chi connectivity index (χ2v) is 22.0. The van der Waals surface area contributed by atoms with Gasteiger partial charge in [0.1, 0.15) is 35.2 Å². The molecular formula is C80H100N5+5. The highest BCUT2D eigenvalue weighted by Gasteiger charge is 2.19. The number of rotatable bonds is 10. The van der Waals surface area contributed by atoms with E-state index in [1.54, 1.807) is 42.3 Å². The third kappa shape index (κ3) is 16.8. The maximum absolute atomic E-state index is 7.98. The minimum atomic E-state index is -2.35. The van der Waals surface area contributed by atoms with E-state index >= 15 is 0 Å². The molecule has 0 bridgehead atoms. The van der Waals surface area contributed by atoms with E-state index in [9.17, 15) is 0 Å². The molecule has 10 aromatic rings. The first kappa shape index (κ1) is 50.2. The zero-order valence-electron chi connectivity index (χ0n) is 66.0. The number of hydrogen-bond donors (Lipinski definition) is 0. The van der Waals surface area contributed by atoms with E-state index in [4.69, 9.17) is 16.4 Å². The lowest BCUT2D eigenvalue weighted by molar-refractivity contribution is -0.661. The van der Waals surface area contributed by atoms with Crippen molar-refractivity contribution in [3.8, 4) is 56.3 Å². The molecule has 0 unspecified atom stereocenters. The summed E-state index contributed by atoms with van der Waals surface area (Å²) in [4.78, 5) is 0. The second kappa shape index (κ2) is 31.1. The summed E-state index contributed by atoms with van der Waals surface area (Å²) in [6.45, 7) is 20.8. The van der Waals surface area contributed by atoms with Crippen LogP contribution in [0.2, 0.25) is 0 Å². The van der Waals surface area contributed by atoms with Gasteiger partial charge in [-0.2, -0.15) is 0 Å². The van der Waals surface area contributed by atoms with Gasteiger partial charge in [0.05, 0.1) is 0 Å². The van der Waals surface area contributed by atoms with Crippen LogP contribution in [0.15, 0.2) is 183 Å². The molecule has 440 valence electrons. The minimum absolute atomic E-state index is 0.0554. The molecule has 0 saturated heterocycles. The second-order valence-electron chi connectivity index (χ2n) is 22.0. The van der Waals surface area contributed by atoms with Gasteiger partial charge in [-0.3, -0.25) is 0 Å². The maximum atomic E-state index is 7.98. The summed E-state index contributed by atoms with van der Waals surface area (Å²) in [5.74, 6) is 0. The van der Waals surface area contributed by atoms with Crippen LogP contribution in [0.4, 0.5) is 0 Å². The number of nitrogens with zero attached hydrogens (tertiary/aromatic N) is 5. The fourth-order valence-corrected chi connectivity index (χ4v) is 10.7. The smallest absolute Gasteiger partial charge is 0.201 e. The molecule has 0 saturated carbocycles. The largest absolute Gasteiger partial charge is 0.212 e. The molecule has 0 N–H and O–H groups in total. The van der Waals surface area contributed by atoms with E-state index in [1.807, 2.05) is 99.2 Å². The lowest BCUT2D eigenvalue weighted by Gasteiger charge is -2.07. The summed E-state index contributed by atoms with van der Waals surface area (Å²) in [6.07, 6.45) is 6.82. The highest BCUT2D eigenvalue weighted by atomic mass is 14.9. The van der Waals surface area contributed by atoms with E-state index in [1.165, 1.54) is 93.3 Å². The van der Waals surface area contributed by atoms with Gasteiger partial charge in [0.15, 0.2) is 31.0 Å². The van der Waals surface area contributed by atoms with Gasteiger partial charge in [0.25, 0.3) is 0 Å². The summed E-state index contributed by atoms with van der Waals surface area (Å²) in [6, 6.07) is 50.9. The van der Waals surface area contributed by atoms with E-state index in [0.29, 0.717) is 0 Å². The predicted molar refractivity (Wildman–Crippen MR) is 360 cm³/mol. The fraction of sp³-hybridized carbons (Fsp3) is 0.312. The van der Waals surface area contributed by atoms with Crippen molar-refractivity contribution >= 4 is 0 Å². The Kier molecular flexibility index (Phi) is 18.4. The van der Waals surface area contributed by atoms with E-state index in [-0.39, 0.29) is 22.3 Å². The first-order valence-electron chi connectivity index (χ1n) is 35.5. The van der Waals surface area contributed by atoms with Gasteiger partial charge in [0.2, 0.25) is 28.5 Å². The molecule has 10 rings (SSSR count). The van der Waals surface area contributed by atoms with Crippen LogP contribution in [0, 0.1) is 69.1 Å². The zero-order valence-corrected chi connectivity index (χ0v) is 54.0. The predicted octanol–water partition coefficient (Wildman–Crippen LogP) is 16.8. The lowest BCUT2D eigenvalue weighted by Crippen LogP contribution is -2.32. The molecule has 5 aromatic carbocycles. The van der Waals surface area contributed by atoms with E-state index in [0.717, 1.165) is 63.3 Å². The topological polar surface area (TPSA) is 19.4 Å². The average Bonchev–Trinajstić information content (AvgIpc) is 0.777. The highest BCUT2D eigenvalue weighted by molar-refractivity contribution is 5.65. The van der Waals surface area contributed by atoms with Crippen LogP contribution in [0.5, 0.6) is 0 Å². The van der Waals surface area contributed by atoms with Crippen LogP contribution >= 0.6 is 0 Å². The Morgan fingerprint density at radius 3 is 0.800 bits per heavy atom. The Balaban J connectivity index is 0.000000192. The standard InChI is InChI=1S/5C16H20N/c3*1-5-14-10-16(17(4)11-13(14)3)15-9-7-6-8-12(15)2;2*1-5-14-11-17(4)16(10-13(14)3)15-9-7-6-8-12(15)2/h5*6-11H,5H2,1-4H3/q5*+1/i2*3D3,5D2;;5D2;. The molecule has 0 amide bonds. The van der Waals surface area contributed by atoms with Gasteiger partial charge in [-0.05, 0) is 187 Å². The summed E-state index contributed by atoms with van der Waals surface area (Å²) < 4.78 is 104. The Morgan fingerprint density at radius 1 is 0.271 bits per heavy atom. The van der Waals surface area contributed by atoms with Crippen LogP contribution in [-0.4, -0.2) is 0 Å². The zero-order chi connectivity index (χ0) is 72.4. The third-order valence-electron chi connectivity index (χ3n) is 15.9. The maximum Gasteiger partial charge on any atom is 0.212 e. The van der Waals surface area contributed by atoms with Crippen molar-refractivity contribution in [1.82, 2.24) is 0 Å². The van der Waals surface area contributed by atoms with Crippen molar-refractivity contribution in [3.63, 3.8) is 0 Å². The molecular weight excluding hydrogens is 1030 g/mol. The van der Waals surface area contributed by atoms with E-state index in [2.05, 4.69) is 163 Å². The first-order valence-corrected chi connectivity index (χ1v) is 29.5. The molecule has 5 nitrogen and oxygen atoms in total. The fourth-order valence-electron chi connectivity index (χ4n) is 10.7. The molecule has 5 aromatic heterocycles. The van der Waals surface area contributed by atoms with Crippen LogP contribution < -0.4 is 22.8 Å². The van der Waals surface area contributed by atoms with Gasteiger partial charge in [0, 0.05) is 102 Å². The monoisotopic (exact) mass is 1140 g/mol. The van der Waals surface area contributed by atoms with Gasteiger partial charge >= 0.3 is 0 Å². The van der Waals surface area contributed by atoms with E-state index < -0.39 is 32.8 Å². The third-order valence-corrected chi connectivity index (χ3v) is 15.9. The lowest BCUT2D eigenvalue weighted by atomic mass is 10.0. The van der Waals surface area contributed by atoms with Crippen molar-refractivity contribution in [2.75, 3.05) is 0 Å². The Hall–Kier alpha value is -8.15. The van der Waals surface area contributed by atoms with Gasteiger partial charge in [-0.25, -0.2) is 22.8 Å².